The summed E-state index contributed by atoms with van der Waals surface area (Å²) in [5.74, 6) is 0. The standard InChI is InChI=1S/C22H46N/c1-4-5-6-7-12-15-18-21-23(2,3)22-19-16-13-10-8-9-11-14-17-20-22/h22H,4-21H2,1-3H3/q+1. The predicted molar refractivity (Wildman–Crippen MR) is 105 cm³/mol. The van der Waals surface area contributed by atoms with Crippen LogP contribution in [0.15, 0.2) is 0 Å². The van der Waals surface area contributed by atoms with E-state index in [1.54, 1.807) is 0 Å². The molecule has 0 heterocycles. The fraction of sp³-hybridized carbons (Fsp3) is 1.00. The summed E-state index contributed by atoms with van der Waals surface area (Å²) in [5, 5.41) is 0. The van der Waals surface area contributed by atoms with Gasteiger partial charge in [-0.2, -0.15) is 0 Å². The lowest BCUT2D eigenvalue weighted by atomic mass is 9.99. The average Bonchev–Trinajstić information content (AvgIpc) is 2.59. The zero-order chi connectivity index (χ0) is 16.8. The van der Waals surface area contributed by atoms with Crippen LogP contribution >= 0.6 is 0 Å². The molecule has 1 heteroatoms. The number of rotatable bonds is 9. The first-order chi connectivity index (χ1) is 11.2. The number of nitrogens with zero attached hydrogens (tertiary/aromatic N) is 1. The third-order valence-corrected chi connectivity index (χ3v) is 6.15. The second-order valence-electron chi connectivity index (χ2n) is 8.68. The van der Waals surface area contributed by atoms with Gasteiger partial charge in [0, 0.05) is 0 Å². The maximum Gasteiger partial charge on any atom is 0.0886 e. The lowest BCUT2D eigenvalue weighted by Gasteiger charge is -2.39. The van der Waals surface area contributed by atoms with Crippen LogP contribution in [0.25, 0.3) is 0 Å². The van der Waals surface area contributed by atoms with Gasteiger partial charge in [0.25, 0.3) is 0 Å². The lowest BCUT2D eigenvalue weighted by molar-refractivity contribution is -0.916. The van der Waals surface area contributed by atoms with Crippen LogP contribution in [0.4, 0.5) is 0 Å². The topological polar surface area (TPSA) is 0 Å². The highest BCUT2D eigenvalue weighted by molar-refractivity contribution is 4.63. The van der Waals surface area contributed by atoms with Crippen LogP contribution in [-0.2, 0) is 0 Å². The van der Waals surface area contributed by atoms with Gasteiger partial charge in [0.2, 0.25) is 0 Å². The minimum absolute atomic E-state index is 0.924. The van der Waals surface area contributed by atoms with E-state index in [0.29, 0.717) is 0 Å². The van der Waals surface area contributed by atoms with Crippen molar-refractivity contribution in [2.45, 2.75) is 122 Å². The number of hydrogen-bond acceptors (Lipinski definition) is 0. The van der Waals surface area contributed by atoms with E-state index in [4.69, 9.17) is 0 Å². The third-order valence-electron chi connectivity index (χ3n) is 6.15. The fourth-order valence-corrected chi connectivity index (χ4v) is 4.32. The molecule has 0 amide bonds. The SMILES string of the molecule is CCCCCCCCC[N+](C)(C)C1CCCCCCCCCC1. The van der Waals surface area contributed by atoms with Gasteiger partial charge >= 0.3 is 0 Å². The molecular weight excluding hydrogens is 278 g/mol. The van der Waals surface area contributed by atoms with E-state index >= 15 is 0 Å². The summed E-state index contributed by atoms with van der Waals surface area (Å²) >= 11 is 0. The largest absolute Gasteiger partial charge is 0.326 e. The van der Waals surface area contributed by atoms with Gasteiger partial charge in [0.1, 0.15) is 0 Å². The summed E-state index contributed by atoms with van der Waals surface area (Å²) in [6.07, 6.45) is 24.9. The van der Waals surface area contributed by atoms with Crippen LogP contribution in [-0.4, -0.2) is 31.2 Å². The third kappa shape index (κ3) is 10.4. The fourth-order valence-electron chi connectivity index (χ4n) is 4.32. The summed E-state index contributed by atoms with van der Waals surface area (Å²) in [4.78, 5) is 0. The Bertz CT molecular complexity index is 247. The van der Waals surface area contributed by atoms with Crippen LogP contribution in [0.2, 0.25) is 0 Å². The lowest BCUT2D eigenvalue weighted by Crippen LogP contribution is -2.49. The molecule has 0 radical (unpaired) electrons. The Balaban J connectivity index is 2.26. The van der Waals surface area contributed by atoms with Crippen LogP contribution in [0.5, 0.6) is 0 Å². The Hall–Kier alpha value is -0.0400. The normalized spacial score (nSPS) is 19.4. The van der Waals surface area contributed by atoms with Crippen molar-refractivity contribution < 1.29 is 4.48 Å². The van der Waals surface area contributed by atoms with Crippen LogP contribution in [0.1, 0.15) is 116 Å². The molecule has 0 bridgehead atoms. The molecule has 1 nitrogen and oxygen atoms in total. The quantitative estimate of drug-likeness (QED) is 0.313. The molecule has 1 saturated carbocycles. The van der Waals surface area contributed by atoms with Gasteiger partial charge in [-0.1, -0.05) is 77.6 Å². The number of quaternary nitrogens is 1. The molecule has 0 spiro atoms. The molecule has 0 aromatic carbocycles. The van der Waals surface area contributed by atoms with E-state index in [1.165, 1.54) is 120 Å². The maximum atomic E-state index is 2.52. The van der Waals surface area contributed by atoms with Gasteiger partial charge in [-0.3, -0.25) is 0 Å². The molecule has 1 aliphatic carbocycles. The van der Waals surface area contributed by atoms with Crippen LogP contribution < -0.4 is 0 Å². The number of hydrogen-bond donors (Lipinski definition) is 0. The molecule has 0 unspecified atom stereocenters. The first-order valence-corrected chi connectivity index (χ1v) is 11.0. The van der Waals surface area contributed by atoms with Gasteiger partial charge in [-0.25, -0.2) is 0 Å². The second-order valence-corrected chi connectivity index (χ2v) is 8.68. The van der Waals surface area contributed by atoms with Crippen molar-refractivity contribution in [3.05, 3.63) is 0 Å². The van der Waals surface area contributed by atoms with Crippen LogP contribution in [0.3, 0.4) is 0 Å². The van der Waals surface area contributed by atoms with Crippen molar-refractivity contribution in [1.82, 2.24) is 0 Å². The van der Waals surface area contributed by atoms with Crippen molar-refractivity contribution in [3.63, 3.8) is 0 Å². The van der Waals surface area contributed by atoms with Crippen molar-refractivity contribution in [3.8, 4) is 0 Å². The molecular formula is C22H46N+. The highest BCUT2D eigenvalue weighted by atomic mass is 15.3. The van der Waals surface area contributed by atoms with Gasteiger partial charge in [0.15, 0.2) is 0 Å². The number of unbranched alkanes of at least 4 members (excludes halogenated alkanes) is 6. The van der Waals surface area contributed by atoms with E-state index in [9.17, 15) is 0 Å². The zero-order valence-corrected chi connectivity index (χ0v) is 16.8. The molecule has 0 atom stereocenters. The maximum absolute atomic E-state index is 2.52. The van der Waals surface area contributed by atoms with Gasteiger partial charge in [-0.05, 0) is 38.5 Å². The molecule has 1 rings (SSSR count). The zero-order valence-electron chi connectivity index (χ0n) is 16.8. The van der Waals surface area contributed by atoms with E-state index in [2.05, 4.69) is 21.0 Å². The molecule has 0 aromatic heterocycles. The molecule has 0 saturated heterocycles. The molecule has 0 N–H and O–H groups in total. The van der Waals surface area contributed by atoms with Crippen molar-refractivity contribution in [2.24, 2.45) is 0 Å². The summed E-state index contributed by atoms with van der Waals surface area (Å²) in [6, 6.07) is 0.924. The highest BCUT2D eigenvalue weighted by Gasteiger charge is 2.26. The second kappa shape index (κ2) is 13.3. The van der Waals surface area contributed by atoms with Gasteiger partial charge < -0.3 is 4.48 Å². The average molecular weight is 325 g/mol. The summed E-state index contributed by atoms with van der Waals surface area (Å²) in [7, 11) is 5.03. The van der Waals surface area contributed by atoms with Gasteiger partial charge in [-0.15, -0.1) is 0 Å². The summed E-state index contributed by atoms with van der Waals surface area (Å²) in [6.45, 7) is 3.71. The Labute approximate surface area is 147 Å². The molecule has 23 heavy (non-hydrogen) atoms. The minimum atomic E-state index is 0.924. The Morgan fingerprint density at radius 2 is 1.04 bits per heavy atom. The molecule has 0 aromatic rings. The molecule has 1 fully saturated rings. The van der Waals surface area contributed by atoms with E-state index < -0.39 is 0 Å². The Morgan fingerprint density at radius 3 is 1.57 bits per heavy atom. The molecule has 138 valence electrons. The van der Waals surface area contributed by atoms with Crippen LogP contribution in [0, 0.1) is 0 Å². The van der Waals surface area contributed by atoms with Crippen molar-refractivity contribution in [2.75, 3.05) is 20.6 Å². The van der Waals surface area contributed by atoms with Crippen molar-refractivity contribution >= 4 is 0 Å². The summed E-state index contributed by atoms with van der Waals surface area (Å²) in [5.41, 5.74) is 0. The monoisotopic (exact) mass is 324 g/mol. The predicted octanol–water partition coefficient (Wildman–Crippen LogP) is 7.10. The first kappa shape index (κ1) is 21.0. The van der Waals surface area contributed by atoms with Gasteiger partial charge in [0.05, 0.1) is 26.7 Å². The van der Waals surface area contributed by atoms with Crippen molar-refractivity contribution in [1.29, 1.82) is 0 Å². The minimum Gasteiger partial charge on any atom is -0.326 e. The highest BCUT2D eigenvalue weighted by Crippen LogP contribution is 2.24. The summed E-state index contributed by atoms with van der Waals surface area (Å²) < 4.78 is 1.29. The molecule has 1 aliphatic rings. The van der Waals surface area contributed by atoms with E-state index in [0.717, 1.165) is 6.04 Å². The Morgan fingerprint density at radius 1 is 0.609 bits per heavy atom. The van der Waals surface area contributed by atoms with E-state index in [1.807, 2.05) is 0 Å². The molecule has 0 aliphatic heterocycles. The smallest absolute Gasteiger partial charge is 0.0886 e. The Kier molecular flexibility index (Phi) is 12.1. The van der Waals surface area contributed by atoms with E-state index in [-0.39, 0.29) is 0 Å². The first-order valence-electron chi connectivity index (χ1n) is 11.0.